The SMILES string of the molecule is CC(=O)Nc1cn(CC(=O)NCc2ccncc2)nn1. The molecule has 0 atom stereocenters. The van der Waals surface area contributed by atoms with Crippen molar-refractivity contribution < 1.29 is 9.59 Å². The second-order valence-corrected chi connectivity index (χ2v) is 4.11. The first kappa shape index (κ1) is 13.7. The Morgan fingerprint density at radius 3 is 2.75 bits per heavy atom. The van der Waals surface area contributed by atoms with E-state index in [0.29, 0.717) is 12.4 Å². The van der Waals surface area contributed by atoms with Crippen molar-refractivity contribution >= 4 is 17.6 Å². The third-order valence-electron chi connectivity index (χ3n) is 2.39. The van der Waals surface area contributed by atoms with Crippen LogP contribution in [0.15, 0.2) is 30.7 Å². The van der Waals surface area contributed by atoms with Crippen LogP contribution in [-0.2, 0) is 22.7 Å². The Morgan fingerprint density at radius 2 is 2.05 bits per heavy atom. The zero-order valence-electron chi connectivity index (χ0n) is 10.9. The maximum atomic E-state index is 11.7. The van der Waals surface area contributed by atoms with Crippen molar-refractivity contribution in [1.82, 2.24) is 25.3 Å². The molecule has 2 aromatic heterocycles. The average Bonchev–Trinajstić information content (AvgIpc) is 2.84. The van der Waals surface area contributed by atoms with Gasteiger partial charge in [-0.2, -0.15) is 0 Å². The van der Waals surface area contributed by atoms with Crippen molar-refractivity contribution in [3.63, 3.8) is 0 Å². The molecule has 0 aromatic carbocycles. The third-order valence-corrected chi connectivity index (χ3v) is 2.39. The highest BCUT2D eigenvalue weighted by molar-refractivity contribution is 5.87. The van der Waals surface area contributed by atoms with E-state index in [1.54, 1.807) is 12.4 Å². The lowest BCUT2D eigenvalue weighted by atomic mass is 10.3. The van der Waals surface area contributed by atoms with Crippen LogP contribution in [0.4, 0.5) is 5.82 Å². The second kappa shape index (κ2) is 6.41. The van der Waals surface area contributed by atoms with Crippen LogP contribution >= 0.6 is 0 Å². The fourth-order valence-electron chi connectivity index (χ4n) is 1.52. The topological polar surface area (TPSA) is 102 Å². The van der Waals surface area contributed by atoms with Gasteiger partial charge in [0.2, 0.25) is 11.8 Å². The Morgan fingerprint density at radius 1 is 1.30 bits per heavy atom. The van der Waals surface area contributed by atoms with E-state index in [4.69, 9.17) is 0 Å². The fourth-order valence-corrected chi connectivity index (χ4v) is 1.52. The Kier molecular flexibility index (Phi) is 4.38. The van der Waals surface area contributed by atoms with Crippen molar-refractivity contribution in [2.75, 3.05) is 5.32 Å². The molecule has 2 heterocycles. The van der Waals surface area contributed by atoms with Gasteiger partial charge in [-0.05, 0) is 17.7 Å². The number of pyridine rings is 1. The van der Waals surface area contributed by atoms with Crippen molar-refractivity contribution in [3.05, 3.63) is 36.3 Å². The van der Waals surface area contributed by atoms with E-state index >= 15 is 0 Å². The minimum Gasteiger partial charge on any atom is -0.350 e. The van der Waals surface area contributed by atoms with Crippen LogP contribution in [0.2, 0.25) is 0 Å². The molecule has 104 valence electrons. The highest BCUT2D eigenvalue weighted by Gasteiger charge is 2.06. The molecule has 0 unspecified atom stereocenters. The molecule has 2 aromatic rings. The molecule has 8 nitrogen and oxygen atoms in total. The first-order chi connectivity index (χ1) is 9.63. The van der Waals surface area contributed by atoms with Gasteiger partial charge < -0.3 is 10.6 Å². The van der Waals surface area contributed by atoms with Gasteiger partial charge in [0.25, 0.3) is 0 Å². The van der Waals surface area contributed by atoms with E-state index in [-0.39, 0.29) is 18.4 Å². The Balaban J connectivity index is 1.82. The Labute approximate surface area is 115 Å². The van der Waals surface area contributed by atoms with Crippen LogP contribution in [0.5, 0.6) is 0 Å². The van der Waals surface area contributed by atoms with Gasteiger partial charge in [-0.15, -0.1) is 5.10 Å². The molecule has 0 fully saturated rings. The zero-order valence-corrected chi connectivity index (χ0v) is 10.9. The third kappa shape index (κ3) is 4.16. The summed E-state index contributed by atoms with van der Waals surface area (Å²) in [7, 11) is 0. The van der Waals surface area contributed by atoms with Crippen LogP contribution in [0, 0.1) is 0 Å². The standard InChI is InChI=1S/C12H14N6O2/c1-9(19)15-11-7-18(17-16-11)8-12(20)14-6-10-2-4-13-5-3-10/h2-5,7H,6,8H2,1H3,(H,14,20)(H,15,19). The lowest BCUT2D eigenvalue weighted by Crippen LogP contribution is -2.27. The predicted octanol–water partition coefficient (Wildman–Crippen LogP) is -0.0521. The molecule has 8 heteroatoms. The maximum absolute atomic E-state index is 11.7. The van der Waals surface area contributed by atoms with Gasteiger partial charge in [-0.1, -0.05) is 5.21 Å². The summed E-state index contributed by atoms with van der Waals surface area (Å²) in [6.45, 7) is 1.84. The summed E-state index contributed by atoms with van der Waals surface area (Å²) in [4.78, 5) is 26.4. The highest BCUT2D eigenvalue weighted by Crippen LogP contribution is 1.99. The maximum Gasteiger partial charge on any atom is 0.242 e. The molecule has 0 aliphatic carbocycles. The fraction of sp³-hybridized carbons (Fsp3) is 0.250. The quantitative estimate of drug-likeness (QED) is 0.795. The lowest BCUT2D eigenvalue weighted by molar-refractivity contribution is -0.122. The number of rotatable bonds is 5. The van der Waals surface area contributed by atoms with Crippen LogP contribution in [0.3, 0.4) is 0 Å². The molecule has 2 rings (SSSR count). The lowest BCUT2D eigenvalue weighted by Gasteiger charge is -2.04. The van der Waals surface area contributed by atoms with Gasteiger partial charge in [0.1, 0.15) is 6.54 Å². The molecule has 0 bridgehead atoms. The number of nitrogens with one attached hydrogen (secondary N) is 2. The van der Waals surface area contributed by atoms with Gasteiger partial charge in [0.05, 0.1) is 6.20 Å². The molecular weight excluding hydrogens is 260 g/mol. The van der Waals surface area contributed by atoms with Crippen molar-refractivity contribution in [1.29, 1.82) is 0 Å². The van der Waals surface area contributed by atoms with E-state index in [1.165, 1.54) is 17.8 Å². The summed E-state index contributed by atoms with van der Waals surface area (Å²) >= 11 is 0. The molecule has 0 aliphatic rings. The van der Waals surface area contributed by atoms with Gasteiger partial charge in [0, 0.05) is 25.9 Å². The number of nitrogens with zero attached hydrogens (tertiary/aromatic N) is 4. The number of amides is 2. The number of hydrogen-bond acceptors (Lipinski definition) is 5. The van der Waals surface area contributed by atoms with E-state index in [1.807, 2.05) is 12.1 Å². The normalized spacial score (nSPS) is 10.1. The number of anilines is 1. The molecule has 0 saturated heterocycles. The van der Waals surface area contributed by atoms with E-state index in [2.05, 4.69) is 25.9 Å². The predicted molar refractivity (Wildman–Crippen MR) is 70.4 cm³/mol. The van der Waals surface area contributed by atoms with E-state index < -0.39 is 0 Å². The van der Waals surface area contributed by atoms with Crippen LogP contribution in [0.25, 0.3) is 0 Å². The zero-order chi connectivity index (χ0) is 14.4. The largest absolute Gasteiger partial charge is 0.350 e. The molecule has 20 heavy (non-hydrogen) atoms. The van der Waals surface area contributed by atoms with Crippen LogP contribution < -0.4 is 10.6 Å². The minimum atomic E-state index is -0.237. The molecule has 2 N–H and O–H groups in total. The van der Waals surface area contributed by atoms with Crippen LogP contribution in [-0.4, -0.2) is 31.8 Å². The number of aromatic nitrogens is 4. The highest BCUT2D eigenvalue weighted by atomic mass is 16.2. The number of carbonyl (C=O) groups excluding carboxylic acids is 2. The summed E-state index contributed by atoms with van der Waals surface area (Å²) < 4.78 is 1.35. The van der Waals surface area contributed by atoms with Gasteiger partial charge >= 0.3 is 0 Å². The second-order valence-electron chi connectivity index (χ2n) is 4.11. The van der Waals surface area contributed by atoms with Crippen molar-refractivity contribution in [2.24, 2.45) is 0 Å². The summed E-state index contributed by atoms with van der Waals surface area (Å²) in [6.07, 6.45) is 4.82. The molecule has 0 spiro atoms. The van der Waals surface area contributed by atoms with Crippen LogP contribution in [0.1, 0.15) is 12.5 Å². The first-order valence-corrected chi connectivity index (χ1v) is 5.97. The molecule has 0 aliphatic heterocycles. The van der Waals surface area contributed by atoms with Crippen molar-refractivity contribution in [3.8, 4) is 0 Å². The monoisotopic (exact) mass is 274 g/mol. The van der Waals surface area contributed by atoms with Gasteiger partial charge in [-0.3, -0.25) is 14.6 Å². The summed E-state index contributed by atoms with van der Waals surface area (Å²) in [5.74, 6) is -0.111. The Hall–Kier alpha value is -2.77. The van der Waals surface area contributed by atoms with E-state index in [9.17, 15) is 9.59 Å². The van der Waals surface area contributed by atoms with Crippen molar-refractivity contribution in [2.45, 2.75) is 20.0 Å². The average molecular weight is 274 g/mol. The van der Waals surface area contributed by atoms with Gasteiger partial charge in [-0.25, -0.2) is 4.68 Å². The van der Waals surface area contributed by atoms with Gasteiger partial charge in [0.15, 0.2) is 5.82 Å². The molecule has 0 radical (unpaired) electrons. The molecular formula is C12H14N6O2. The minimum absolute atomic E-state index is 0.0394. The number of carbonyl (C=O) groups is 2. The smallest absolute Gasteiger partial charge is 0.242 e. The van der Waals surface area contributed by atoms with E-state index in [0.717, 1.165) is 5.56 Å². The summed E-state index contributed by atoms with van der Waals surface area (Å²) in [5, 5.41) is 12.7. The summed E-state index contributed by atoms with van der Waals surface area (Å²) in [6, 6.07) is 3.65. The summed E-state index contributed by atoms with van der Waals surface area (Å²) in [5.41, 5.74) is 0.964. The first-order valence-electron chi connectivity index (χ1n) is 5.97. The molecule has 2 amide bonds. The number of hydrogen-bond donors (Lipinski definition) is 2. The Bertz CT molecular complexity index is 595. The molecule has 0 saturated carbocycles.